The van der Waals surface area contributed by atoms with Gasteiger partial charge in [0.25, 0.3) is 5.56 Å². The van der Waals surface area contributed by atoms with Gasteiger partial charge in [0.05, 0.1) is 16.5 Å². The van der Waals surface area contributed by atoms with E-state index < -0.39 is 17.8 Å². The predicted molar refractivity (Wildman–Crippen MR) is 100 cm³/mol. The van der Waals surface area contributed by atoms with Gasteiger partial charge < -0.3 is 9.88 Å². The molecule has 0 amide bonds. The number of nitrogens with zero attached hydrogens (tertiary/aromatic N) is 3. The average Bonchev–Trinajstić information content (AvgIpc) is 3.39. The van der Waals surface area contributed by atoms with Gasteiger partial charge in [-0.3, -0.25) is 4.79 Å². The highest BCUT2D eigenvalue weighted by atomic mass is 19.4. The first-order valence-corrected chi connectivity index (χ1v) is 8.99. The van der Waals surface area contributed by atoms with Gasteiger partial charge in [0.2, 0.25) is 0 Å². The van der Waals surface area contributed by atoms with E-state index in [4.69, 9.17) is 0 Å². The van der Waals surface area contributed by atoms with Crippen molar-refractivity contribution in [1.29, 1.82) is 0 Å². The molecule has 0 bridgehead atoms. The quantitative estimate of drug-likeness (QED) is 0.715. The Morgan fingerprint density at radius 3 is 2.64 bits per heavy atom. The van der Waals surface area contributed by atoms with Gasteiger partial charge in [-0.15, -0.1) is 0 Å². The molecule has 4 rings (SSSR count). The lowest BCUT2D eigenvalue weighted by Gasteiger charge is -2.19. The van der Waals surface area contributed by atoms with E-state index in [0.717, 1.165) is 25.0 Å². The number of anilines is 1. The lowest BCUT2D eigenvalue weighted by molar-refractivity contribution is -0.137. The number of benzene rings is 1. The number of rotatable bonds is 4. The molecule has 2 heterocycles. The second-order valence-electron chi connectivity index (χ2n) is 7.49. The minimum atomic E-state index is -4.40. The molecule has 146 valence electrons. The molecule has 0 unspecified atom stereocenters. The molecule has 1 aromatic carbocycles. The smallest absolute Gasteiger partial charge is 0.363 e. The van der Waals surface area contributed by atoms with E-state index in [-0.39, 0.29) is 11.1 Å². The van der Waals surface area contributed by atoms with Crippen LogP contribution in [0.4, 0.5) is 19.0 Å². The minimum absolute atomic E-state index is 0.122. The van der Waals surface area contributed by atoms with E-state index in [2.05, 4.69) is 15.3 Å². The van der Waals surface area contributed by atoms with Gasteiger partial charge in [0, 0.05) is 23.8 Å². The van der Waals surface area contributed by atoms with Crippen LogP contribution in [0.25, 0.3) is 10.9 Å². The largest absolute Gasteiger partial charge is 0.416 e. The van der Waals surface area contributed by atoms with Crippen LogP contribution < -0.4 is 10.9 Å². The van der Waals surface area contributed by atoms with Crippen LogP contribution in [0.1, 0.15) is 43.9 Å². The summed E-state index contributed by atoms with van der Waals surface area (Å²) in [6, 6.07) is 6.25. The van der Waals surface area contributed by atoms with Crippen molar-refractivity contribution >= 4 is 16.7 Å². The molecule has 0 spiro atoms. The lowest BCUT2D eigenvalue weighted by Crippen LogP contribution is -2.27. The Bertz CT molecular complexity index is 1100. The lowest BCUT2D eigenvalue weighted by atomic mass is 10.0. The summed E-state index contributed by atoms with van der Waals surface area (Å²) >= 11 is 0. The van der Waals surface area contributed by atoms with Crippen molar-refractivity contribution in [3.8, 4) is 0 Å². The monoisotopic (exact) mass is 388 g/mol. The molecule has 0 aliphatic heterocycles. The number of hydrogen-bond acceptors (Lipinski definition) is 4. The summed E-state index contributed by atoms with van der Waals surface area (Å²) in [6.45, 7) is 3.78. The van der Waals surface area contributed by atoms with Crippen molar-refractivity contribution in [1.82, 2.24) is 14.5 Å². The fourth-order valence-corrected chi connectivity index (χ4v) is 3.26. The Kier molecular flexibility index (Phi) is 4.17. The number of aromatic nitrogens is 3. The van der Waals surface area contributed by atoms with E-state index in [1.165, 1.54) is 18.5 Å². The molecule has 1 N–H and O–H groups in total. The number of pyridine rings is 1. The van der Waals surface area contributed by atoms with Crippen LogP contribution in [0.15, 0.2) is 47.7 Å². The highest BCUT2D eigenvalue weighted by molar-refractivity contribution is 5.88. The standard InChI is InChI=1S/C20H19F3N4O/c1-12(13-4-3-5-14(8-13)20(21,22)23)26-18-15-10-27(19(2)6-7-19)17(28)9-16(15)24-11-25-18/h3-5,8-12H,6-7H2,1-2H3,(H,24,25,26)/t12-/m1/s1. The van der Waals surface area contributed by atoms with E-state index in [1.54, 1.807) is 23.8 Å². The third-order valence-electron chi connectivity index (χ3n) is 5.29. The van der Waals surface area contributed by atoms with E-state index in [0.29, 0.717) is 22.3 Å². The zero-order valence-electron chi connectivity index (χ0n) is 15.4. The van der Waals surface area contributed by atoms with Crippen LogP contribution in [-0.2, 0) is 11.7 Å². The molecule has 1 fully saturated rings. The first-order chi connectivity index (χ1) is 13.2. The van der Waals surface area contributed by atoms with Crippen LogP contribution >= 0.6 is 0 Å². The van der Waals surface area contributed by atoms with Gasteiger partial charge >= 0.3 is 6.18 Å². The van der Waals surface area contributed by atoms with Crippen molar-refractivity contribution in [2.45, 2.75) is 44.4 Å². The van der Waals surface area contributed by atoms with Gasteiger partial charge in [-0.05, 0) is 44.4 Å². The second kappa shape index (κ2) is 6.32. The topological polar surface area (TPSA) is 59.8 Å². The van der Waals surface area contributed by atoms with Gasteiger partial charge in [0.1, 0.15) is 12.1 Å². The molecular weight excluding hydrogens is 369 g/mol. The summed E-state index contributed by atoms with van der Waals surface area (Å²) < 4.78 is 40.7. The summed E-state index contributed by atoms with van der Waals surface area (Å²) in [4.78, 5) is 20.8. The molecule has 5 nitrogen and oxygen atoms in total. The maximum atomic E-state index is 13.0. The van der Waals surface area contributed by atoms with E-state index >= 15 is 0 Å². The minimum Gasteiger partial charge on any atom is -0.363 e. The fraction of sp³-hybridized carbons (Fsp3) is 0.350. The number of nitrogens with one attached hydrogen (secondary N) is 1. The Morgan fingerprint density at radius 2 is 1.96 bits per heavy atom. The van der Waals surface area contributed by atoms with Gasteiger partial charge in [-0.1, -0.05) is 12.1 Å². The summed E-state index contributed by atoms with van der Waals surface area (Å²) in [5, 5.41) is 3.83. The summed E-state index contributed by atoms with van der Waals surface area (Å²) in [5.74, 6) is 0.480. The third-order valence-corrected chi connectivity index (χ3v) is 5.29. The normalized spacial score (nSPS) is 16.8. The van der Waals surface area contributed by atoms with Crippen LogP contribution in [0.3, 0.4) is 0 Å². The number of fused-ring (bicyclic) bond motifs is 1. The third kappa shape index (κ3) is 3.34. The van der Waals surface area contributed by atoms with Crippen molar-refractivity contribution in [3.05, 3.63) is 64.3 Å². The van der Waals surface area contributed by atoms with Gasteiger partial charge in [-0.25, -0.2) is 9.97 Å². The van der Waals surface area contributed by atoms with Crippen molar-refractivity contribution in [3.63, 3.8) is 0 Å². The summed E-state index contributed by atoms with van der Waals surface area (Å²) in [6.07, 6.45) is 0.538. The number of alkyl halides is 3. The molecule has 1 aliphatic carbocycles. The summed E-state index contributed by atoms with van der Waals surface area (Å²) in [5.41, 5.74) is -0.0153. The highest BCUT2D eigenvalue weighted by Gasteiger charge is 2.40. The fourth-order valence-electron chi connectivity index (χ4n) is 3.26. The highest BCUT2D eigenvalue weighted by Crippen LogP contribution is 2.42. The Morgan fingerprint density at radius 1 is 1.21 bits per heavy atom. The van der Waals surface area contributed by atoms with Crippen LogP contribution in [0, 0.1) is 0 Å². The van der Waals surface area contributed by atoms with Crippen LogP contribution in [0.5, 0.6) is 0 Å². The predicted octanol–water partition coefficient (Wildman–Crippen LogP) is 4.49. The average molecular weight is 388 g/mol. The van der Waals surface area contributed by atoms with Crippen LogP contribution in [0.2, 0.25) is 0 Å². The molecule has 2 aromatic heterocycles. The van der Waals surface area contributed by atoms with Gasteiger partial charge in [-0.2, -0.15) is 13.2 Å². The van der Waals surface area contributed by atoms with Crippen molar-refractivity contribution in [2.24, 2.45) is 0 Å². The first kappa shape index (κ1) is 18.5. The molecule has 1 atom stereocenters. The van der Waals surface area contributed by atoms with Crippen LogP contribution in [-0.4, -0.2) is 14.5 Å². The zero-order valence-corrected chi connectivity index (χ0v) is 15.4. The zero-order chi connectivity index (χ0) is 20.1. The number of hydrogen-bond donors (Lipinski definition) is 1. The Hall–Kier alpha value is -2.90. The molecular formula is C20H19F3N4O. The maximum absolute atomic E-state index is 13.0. The summed E-state index contributed by atoms with van der Waals surface area (Å²) in [7, 11) is 0. The molecule has 8 heteroatoms. The van der Waals surface area contributed by atoms with Crippen molar-refractivity contribution in [2.75, 3.05) is 5.32 Å². The molecule has 0 radical (unpaired) electrons. The molecule has 0 saturated heterocycles. The maximum Gasteiger partial charge on any atom is 0.416 e. The molecule has 3 aromatic rings. The van der Waals surface area contributed by atoms with E-state index in [1.807, 2.05) is 6.92 Å². The first-order valence-electron chi connectivity index (χ1n) is 8.99. The SMILES string of the molecule is C[C@@H](Nc1ncnc2cc(=O)n(C3(C)CC3)cc12)c1cccc(C(F)(F)F)c1. The molecule has 1 saturated carbocycles. The molecule has 28 heavy (non-hydrogen) atoms. The molecule has 1 aliphatic rings. The number of halogens is 3. The Labute approximate surface area is 159 Å². The van der Waals surface area contributed by atoms with Gasteiger partial charge in [0.15, 0.2) is 0 Å². The van der Waals surface area contributed by atoms with E-state index in [9.17, 15) is 18.0 Å². The Balaban J connectivity index is 1.71. The van der Waals surface area contributed by atoms with Crippen molar-refractivity contribution < 1.29 is 13.2 Å². The second-order valence-corrected chi connectivity index (χ2v) is 7.49.